The van der Waals surface area contributed by atoms with Crippen molar-refractivity contribution >= 4 is 196 Å². The van der Waals surface area contributed by atoms with E-state index in [1.54, 1.807) is 0 Å². The van der Waals surface area contributed by atoms with Gasteiger partial charge in [0.05, 0.1) is 66.2 Å². The maximum atomic E-state index is 2.48. The van der Waals surface area contributed by atoms with Crippen LogP contribution in [0.1, 0.15) is 0 Å². The van der Waals surface area contributed by atoms with Gasteiger partial charge < -0.3 is 41.1 Å². The van der Waals surface area contributed by atoms with E-state index in [9.17, 15) is 0 Å². The Kier molecular flexibility index (Phi) is 14.7. The van der Waals surface area contributed by atoms with E-state index in [-0.39, 0.29) is 0 Å². The van der Waals surface area contributed by atoms with Gasteiger partial charge in [0.25, 0.3) is 0 Å². The molecule has 0 spiro atoms. The van der Waals surface area contributed by atoms with Gasteiger partial charge in [-0.15, -0.1) is 0 Å². The number of rotatable bonds is 6. The highest BCUT2D eigenvalue weighted by Gasteiger charge is 2.26. The highest BCUT2D eigenvalue weighted by Crippen LogP contribution is 2.47. The van der Waals surface area contributed by atoms with E-state index in [0.29, 0.717) is 0 Å². The quantitative estimate of drug-likeness (QED) is 0.159. The number of hydrogen-bond acceptors (Lipinski definition) is 0. The number of aromatic nitrogens is 9. The van der Waals surface area contributed by atoms with Gasteiger partial charge in [-0.2, -0.15) is 0 Å². The number of fused-ring (bicyclic) bond motifs is 28. The molecule has 564 valence electrons. The summed E-state index contributed by atoms with van der Waals surface area (Å²) in [5.41, 5.74) is 29.3. The average Bonchev–Trinajstić information content (AvgIpc) is 1.56. The van der Waals surface area contributed by atoms with Crippen LogP contribution in [0.5, 0.6) is 0 Å². The third kappa shape index (κ3) is 9.77. The lowest BCUT2D eigenvalue weighted by Crippen LogP contribution is -1.96. The van der Waals surface area contributed by atoms with Gasteiger partial charge in [0.2, 0.25) is 0 Å². The first-order valence-electron chi connectivity index (χ1n) is 41.3. The van der Waals surface area contributed by atoms with Crippen LogP contribution in [0.2, 0.25) is 0 Å². The molecule has 0 unspecified atom stereocenters. The molecule has 9 heterocycles. The normalized spacial score (nSPS) is 12.1. The van der Waals surface area contributed by atoms with Crippen molar-refractivity contribution in [3.8, 4) is 34.1 Å². The molecule has 9 heteroatoms. The number of para-hydroxylation sites is 12. The lowest BCUT2D eigenvalue weighted by molar-refractivity contribution is 1.01. The van der Waals surface area contributed by atoms with Crippen molar-refractivity contribution in [2.45, 2.75) is 0 Å². The molecule has 0 radical (unpaired) electrons. The van der Waals surface area contributed by atoms with Crippen LogP contribution < -0.4 is 0 Å². The molecular weight excluding hydrogens is 1460 g/mol. The largest absolute Gasteiger partial charge is 0.344 e. The molecule has 0 aliphatic heterocycles. The lowest BCUT2D eigenvalue weighted by Gasteiger charge is -2.11. The minimum atomic E-state index is 1.17. The SMILES string of the molecule is Cn1c2ccccc2c2cc(-n3c4ccccc4c4cc5c(cc43)c3ccccc3n5-c3ccccc3)ccc21.Cn1c2ccccc2c2cc(-n3c4ccccc4c4cc5c6ccccc6n(-c6ccccc6)c5cc43)ccc21.Cn1c2ccccc2c2cc(-n3c4ccccc4c4ccc5c(c6ccccc6n5-c5ccccc5)c43)ccc21. The van der Waals surface area contributed by atoms with E-state index in [4.69, 9.17) is 0 Å². The Morgan fingerprint density at radius 2 is 0.350 bits per heavy atom. The zero-order chi connectivity index (χ0) is 79.1. The Labute approximate surface area is 688 Å². The summed E-state index contributed by atoms with van der Waals surface area (Å²) in [5, 5.41) is 23.0. The Balaban J connectivity index is 0.0000000997. The summed E-state index contributed by atoms with van der Waals surface area (Å²) in [4.78, 5) is 0. The van der Waals surface area contributed by atoms with Crippen LogP contribution in [0.25, 0.3) is 230 Å². The second kappa shape index (κ2) is 26.1. The predicted octanol–water partition coefficient (Wildman–Crippen LogP) is 28.6. The molecule has 120 heavy (non-hydrogen) atoms. The molecule has 0 saturated heterocycles. The van der Waals surface area contributed by atoms with Crippen molar-refractivity contribution < 1.29 is 0 Å². The van der Waals surface area contributed by atoms with Gasteiger partial charge in [0.15, 0.2) is 0 Å². The van der Waals surface area contributed by atoms with Gasteiger partial charge in [-0.25, -0.2) is 0 Å². The molecule has 0 bridgehead atoms. The molecule has 0 aliphatic rings. The molecule has 0 atom stereocenters. The summed E-state index contributed by atoms with van der Waals surface area (Å²) in [6, 6.07) is 146. The maximum absolute atomic E-state index is 2.48. The molecule has 27 rings (SSSR count). The minimum Gasteiger partial charge on any atom is -0.344 e. The van der Waals surface area contributed by atoms with Crippen molar-refractivity contribution in [2.75, 3.05) is 0 Å². The Morgan fingerprint density at radius 3 is 0.708 bits per heavy atom. The van der Waals surface area contributed by atoms with Crippen LogP contribution in [0.15, 0.2) is 400 Å². The summed E-state index contributed by atoms with van der Waals surface area (Å²) >= 11 is 0. The number of benzene rings is 18. The highest BCUT2D eigenvalue weighted by atomic mass is 15.0. The molecule has 0 saturated carbocycles. The summed E-state index contributed by atoms with van der Waals surface area (Å²) < 4.78 is 21.5. The third-order valence-electron chi connectivity index (χ3n) is 25.9. The van der Waals surface area contributed by atoms with Crippen molar-refractivity contribution in [2.24, 2.45) is 21.1 Å². The number of nitrogens with zero attached hydrogens (tertiary/aromatic N) is 9. The van der Waals surface area contributed by atoms with Crippen LogP contribution in [-0.4, -0.2) is 41.1 Å². The summed E-state index contributed by atoms with van der Waals surface area (Å²) in [6.45, 7) is 0. The second-order valence-electron chi connectivity index (χ2n) is 32.1. The van der Waals surface area contributed by atoms with Gasteiger partial charge in [-0.05, 0) is 176 Å². The Morgan fingerprint density at radius 1 is 0.125 bits per heavy atom. The number of hydrogen-bond donors (Lipinski definition) is 0. The number of aryl methyl sites for hydroxylation is 3. The van der Waals surface area contributed by atoms with Gasteiger partial charge in [-0.1, -0.05) is 224 Å². The van der Waals surface area contributed by atoms with Gasteiger partial charge in [0, 0.05) is 185 Å². The van der Waals surface area contributed by atoms with Gasteiger partial charge in [0.1, 0.15) is 0 Å². The monoisotopic (exact) mass is 1530 g/mol. The van der Waals surface area contributed by atoms with E-state index in [1.165, 1.54) is 230 Å². The van der Waals surface area contributed by atoms with E-state index in [0.717, 1.165) is 0 Å². The standard InChI is InChI=1S/3C37H25N3/c1-38-31-16-8-5-14-27(31)30-23-25(19-21-32(30)38)40-33-17-9-6-13-26(33)28-20-22-35-36(37(28)40)29-15-7-10-18-34(29)39(35)24-11-3-2-4-12-24;1-38-32-16-8-5-13-26(32)29-21-25(19-20-33(29)38)40-35-18-10-7-15-28(35)31-22-36-30(23-37(31)40)27-14-6-9-17-34(27)39(36)24-11-3-2-4-12-24;1-38-32-16-8-5-13-26(32)29-21-25(19-20-33(29)38)40-35-18-10-7-15-28(35)31-22-30-27-14-6-9-17-34(27)39(36(30)23-37(31)40)24-11-3-2-4-12-24/h3*2-23H,1H3. The van der Waals surface area contributed by atoms with Crippen molar-refractivity contribution in [3.05, 3.63) is 400 Å². The lowest BCUT2D eigenvalue weighted by atomic mass is 10.1. The first-order chi connectivity index (χ1) is 59.3. The summed E-state index contributed by atoms with van der Waals surface area (Å²) in [7, 11) is 6.47. The van der Waals surface area contributed by atoms with E-state index >= 15 is 0 Å². The first-order valence-corrected chi connectivity index (χ1v) is 41.3. The van der Waals surface area contributed by atoms with Crippen LogP contribution in [-0.2, 0) is 21.1 Å². The average molecular weight is 1530 g/mol. The highest BCUT2D eigenvalue weighted by molar-refractivity contribution is 6.27. The molecule has 0 aliphatic carbocycles. The zero-order valence-electron chi connectivity index (χ0n) is 66.1. The van der Waals surface area contributed by atoms with E-state index < -0.39 is 0 Å². The molecule has 0 fully saturated rings. The molecule has 27 aromatic rings. The smallest absolute Gasteiger partial charge is 0.0641 e. The minimum absolute atomic E-state index is 1.17. The van der Waals surface area contributed by atoms with E-state index in [1.807, 2.05) is 0 Å². The van der Waals surface area contributed by atoms with Gasteiger partial charge in [-0.3, -0.25) is 0 Å². The van der Waals surface area contributed by atoms with Crippen LogP contribution in [0.4, 0.5) is 0 Å². The van der Waals surface area contributed by atoms with E-state index in [2.05, 4.69) is 463 Å². The second-order valence-corrected chi connectivity index (χ2v) is 32.1. The maximum Gasteiger partial charge on any atom is 0.0641 e. The van der Waals surface area contributed by atoms with Crippen molar-refractivity contribution in [1.29, 1.82) is 0 Å². The van der Waals surface area contributed by atoms with Crippen molar-refractivity contribution in [1.82, 2.24) is 41.1 Å². The predicted molar refractivity (Wildman–Crippen MR) is 507 cm³/mol. The fourth-order valence-electron chi connectivity index (χ4n) is 20.6. The van der Waals surface area contributed by atoms with Crippen LogP contribution in [0.3, 0.4) is 0 Å². The third-order valence-corrected chi connectivity index (χ3v) is 25.9. The molecule has 18 aromatic carbocycles. The Bertz CT molecular complexity index is 8890. The first kappa shape index (κ1) is 67.5. The van der Waals surface area contributed by atoms with Crippen LogP contribution in [0, 0.1) is 0 Å². The van der Waals surface area contributed by atoms with Crippen LogP contribution >= 0.6 is 0 Å². The molecule has 0 N–H and O–H groups in total. The molecular formula is C111H75N9. The topological polar surface area (TPSA) is 44.4 Å². The fraction of sp³-hybridized carbons (Fsp3) is 0.0270. The zero-order valence-corrected chi connectivity index (χ0v) is 66.1. The van der Waals surface area contributed by atoms with Crippen molar-refractivity contribution in [3.63, 3.8) is 0 Å². The summed E-state index contributed by atoms with van der Waals surface area (Å²) in [5.74, 6) is 0. The fourth-order valence-corrected chi connectivity index (χ4v) is 20.6. The summed E-state index contributed by atoms with van der Waals surface area (Å²) in [6.07, 6.45) is 0. The Hall–Kier alpha value is -15.8. The molecule has 9 aromatic heterocycles. The van der Waals surface area contributed by atoms with Gasteiger partial charge >= 0.3 is 0 Å². The molecule has 0 amide bonds. The molecule has 9 nitrogen and oxygen atoms in total.